The quantitative estimate of drug-likeness (QED) is 0.322. The molecule has 0 aromatic rings. The molecule has 0 spiro atoms. The number of rotatable bonds is 0. The standard InChI is InChI=1S/2H3N.H3O3P/c;;1-4(2)3/h2*1H3;4H,(H2,1,2,3). The average molecular weight is 116 g/mol. The first-order valence-corrected chi connectivity index (χ1v) is 1.95. The number of hydrogen-bond acceptors (Lipinski definition) is 3. The molecule has 0 saturated carbocycles. The number of hydrogen-bond donors (Lipinski definition) is 4. The van der Waals surface area contributed by atoms with Crippen LogP contribution in [0.3, 0.4) is 0 Å². The zero-order valence-corrected chi connectivity index (χ0v) is 4.22. The molecule has 0 aromatic carbocycles. The summed E-state index contributed by atoms with van der Waals surface area (Å²) >= 11 is 0. The van der Waals surface area contributed by atoms with E-state index in [4.69, 9.17) is 14.4 Å². The van der Waals surface area contributed by atoms with E-state index in [1.165, 1.54) is 0 Å². The first-order valence-electron chi connectivity index (χ1n) is 0.651. The van der Waals surface area contributed by atoms with Gasteiger partial charge >= 0.3 is 8.25 Å². The van der Waals surface area contributed by atoms with Crippen LogP contribution in [0.4, 0.5) is 0 Å². The SMILES string of the molecule is N.N.O=[PH](O)O. The molecule has 0 heterocycles. The highest BCUT2D eigenvalue weighted by molar-refractivity contribution is 7.30. The molecular weight excluding hydrogens is 107 g/mol. The summed E-state index contributed by atoms with van der Waals surface area (Å²) in [6.07, 6.45) is 0. The minimum Gasteiger partial charge on any atom is -0.344 e. The Balaban J connectivity index is -0.0000000450. The summed E-state index contributed by atoms with van der Waals surface area (Å²) in [5.74, 6) is 0. The maximum absolute atomic E-state index is 8.74. The van der Waals surface area contributed by atoms with Crippen LogP contribution in [0.1, 0.15) is 0 Å². The summed E-state index contributed by atoms with van der Waals surface area (Å²) in [5.41, 5.74) is 0. The van der Waals surface area contributed by atoms with Gasteiger partial charge in [-0.1, -0.05) is 0 Å². The van der Waals surface area contributed by atoms with E-state index in [1.807, 2.05) is 0 Å². The van der Waals surface area contributed by atoms with Crippen molar-refractivity contribution < 1.29 is 14.4 Å². The van der Waals surface area contributed by atoms with Crippen LogP contribution < -0.4 is 12.3 Å². The molecule has 0 saturated heterocycles. The highest BCUT2D eigenvalue weighted by atomic mass is 31.1. The lowest BCUT2D eigenvalue weighted by molar-refractivity contribution is 0.405. The molecule has 0 bridgehead atoms. The molecule has 0 aromatic heterocycles. The van der Waals surface area contributed by atoms with E-state index in [0.29, 0.717) is 0 Å². The van der Waals surface area contributed by atoms with Crippen molar-refractivity contribution in [2.75, 3.05) is 0 Å². The van der Waals surface area contributed by atoms with Crippen molar-refractivity contribution in [1.29, 1.82) is 0 Å². The van der Waals surface area contributed by atoms with Gasteiger partial charge in [0.1, 0.15) is 0 Å². The lowest BCUT2D eigenvalue weighted by atomic mass is 14.0. The van der Waals surface area contributed by atoms with E-state index in [-0.39, 0.29) is 12.3 Å². The van der Waals surface area contributed by atoms with Crippen LogP contribution in [-0.4, -0.2) is 9.79 Å². The van der Waals surface area contributed by atoms with Gasteiger partial charge in [0.25, 0.3) is 0 Å². The minimum absolute atomic E-state index is 0. The third-order valence-electron chi connectivity index (χ3n) is 0. The smallest absolute Gasteiger partial charge is 0.314 e. The topological polar surface area (TPSA) is 128 Å². The van der Waals surface area contributed by atoms with Crippen LogP contribution in [-0.2, 0) is 4.57 Å². The fourth-order valence-electron chi connectivity index (χ4n) is 0. The average Bonchev–Trinajstić information content (AvgIpc) is 0.811. The highest BCUT2D eigenvalue weighted by Gasteiger charge is 1.61. The van der Waals surface area contributed by atoms with Crippen LogP contribution in [0.15, 0.2) is 0 Å². The predicted molar refractivity (Wildman–Crippen MR) is 23.5 cm³/mol. The van der Waals surface area contributed by atoms with Gasteiger partial charge in [-0.25, -0.2) is 0 Å². The molecule has 0 rings (SSSR count). The van der Waals surface area contributed by atoms with Gasteiger partial charge in [0.15, 0.2) is 0 Å². The summed E-state index contributed by atoms with van der Waals surface area (Å²) in [6.45, 7) is 0. The van der Waals surface area contributed by atoms with Crippen LogP contribution in [0.5, 0.6) is 0 Å². The van der Waals surface area contributed by atoms with Crippen LogP contribution in [0, 0.1) is 0 Å². The highest BCUT2D eigenvalue weighted by Crippen LogP contribution is 1.98. The van der Waals surface area contributed by atoms with Gasteiger partial charge in [-0.2, -0.15) is 0 Å². The summed E-state index contributed by atoms with van der Waals surface area (Å²) in [5, 5.41) is 0. The summed E-state index contributed by atoms with van der Waals surface area (Å²) < 4.78 is 8.74. The first-order chi connectivity index (χ1) is 1.73. The molecule has 6 heavy (non-hydrogen) atoms. The molecule has 0 unspecified atom stereocenters. The van der Waals surface area contributed by atoms with Crippen molar-refractivity contribution in [2.45, 2.75) is 0 Å². The molecule has 0 fully saturated rings. The van der Waals surface area contributed by atoms with Gasteiger partial charge < -0.3 is 22.1 Å². The zero-order chi connectivity index (χ0) is 3.58. The lowest BCUT2D eigenvalue weighted by Gasteiger charge is -1.61. The van der Waals surface area contributed by atoms with Gasteiger partial charge in [-0.05, 0) is 0 Å². The van der Waals surface area contributed by atoms with Crippen molar-refractivity contribution in [3.8, 4) is 0 Å². The van der Waals surface area contributed by atoms with Crippen molar-refractivity contribution in [3.05, 3.63) is 0 Å². The lowest BCUT2D eigenvalue weighted by Crippen LogP contribution is -1.38. The van der Waals surface area contributed by atoms with Crippen molar-refractivity contribution in [2.24, 2.45) is 0 Å². The van der Waals surface area contributed by atoms with E-state index in [9.17, 15) is 0 Å². The maximum Gasteiger partial charge on any atom is 0.314 e. The molecule has 0 radical (unpaired) electrons. The van der Waals surface area contributed by atoms with Gasteiger partial charge in [0.2, 0.25) is 0 Å². The molecule has 42 valence electrons. The van der Waals surface area contributed by atoms with E-state index in [0.717, 1.165) is 0 Å². The van der Waals surface area contributed by atoms with Gasteiger partial charge in [-0.15, -0.1) is 0 Å². The van der Waals surface area contributed by atoms with Gasteiger partial charge in [0, 0.05) is 0 Å². The van der Waals surface area contributed by atoms with E-state index in [1.54, 1.807) is 0 Å². The Kier molecular flexibility index (Phi) is 24.6. The Morgan fingerprint density at radius 2 is 1.17 bits per heavy atom. The van der Waals surface area contributed by atoms with Crippen LogP contribution >= 0.6 is 8.25 Å². The molecule has 8 N–H and O–H groups in total. The Morgan fingerprint density at radius 1 is 1.17 bits per heavy atom. The van der Waals surface area contributed by atoms with Crippen molar-refractivity contribution in [3.63, 3.8) is 0 Å². The Morgan fingerprint density at radius 3 is 1.17 bits per heavy atom. The molecule has 0 atom stereocenters. The third kappa shape index (κ3) is 7830. The van der Waals surface area contributed by atoms with E-state index in [2.05, 4.69) is 0 Å². The predicted octanol–water partition coefficient (Wildman–Crippen LogP) is -0.315. The van der Waals surface area contributed by atoms with Gasteiger partial charge in [0.05, 0.1) is 0 Å². The molecule has 6 heteroatoms. The first kappa shape index (κ1) is 16.6. The van der Waals surface area contributed by atoms with E-state index < -0.39 is 8.25 Å². The second-order valence-corrected chi connectivity index (χ2v) is 0.848. The Labute approximate surface area is 36.1 Å². The van der Waals surface area contributed by atoms with Crippen molar-refractivity contribution in [1.82, 2.24) is 12.3 Å². The van der Waals surface area contributed by atoms with Gasteiger partial charge in [-0.3, -0.25) is 4.57 Å². The Bertz CT molecular complexity index is 31.8. The fourth-order valence-corrected chi connectivity index (χ4v) is 0. The Hall–Kier alpha value is 0.0700. The molecule has 5 nitrogen and oxygen atoms in total. The normalized spacial score (nSPS) is 5.83. The molecular formula is H9N2O3P. The summed E-state index contributed by atoms with van der Waals surface area (Å²) in [7, 11) is -3.13. The summed E-state index contributed by atoms with van der Waals surface area (Å²) in [4.78, 5) is 14.3. The molecule has 0 amide bonds. The van der Waals surface area contributed by atoms with E-state index >= 15 is 0 Å². The van der Waals surface area contributed by atoms with Crippen LogP contribution in [0.2, 0.25) is 0 Å². The molecule has 0 aliphatic carbocycles. The maximum atomic E-state index is 8.74. The minimum atomic E-state index is -3.13. The van der Waals surface area contributed by atoms with Crippen LogP contribution in [0.25, 0.3) is 0 Å². The second kappa shape index (κ2) is 8.91. The monoisotopic (exact) mass is 116 g/mol. The fraction of sp³-hybridized carbons (Fsp3) is 0. The third-order valence-corrected chi connectivity index (χ3v) is 0. The van der Waals surface area contributed by atoms with Crippen molar-refractivity contribution >= 4 is 8.25 Å². The second-order valence-electron chi connectivity index (χ2n) is 0.283. The molecule has 0 aliphatic rings. The zero-order valence-electron chi connectivity index (χ0n) is 3.22. The molecule has 0 aliphatic heterocycles. The summed E-state index contributed by atoms with van der Waals surface area (Å²) in [6, 6.07) is 0. The largest absolute Gasteiger partial charge is 0.344 e.